The summed E-state index contributed by atoms with van der Waals surface area (Å²) in [5.41, 5.74) is 1.39. The first-order chi connectivity index (χ1) is 11.6. The molecule has 1 aromatic rings. The molecular formula is C20H33N3O. The number of piperazine rings is 1. The standard InChI is InChI=1S/C20H33N3O/c1-4-19(5-2)20(24)21-17(3)15-22-11-13-23(14-12-22)16-18-9-7-6-8-10-18/h6-10,17,19H,4-5,11-16H2,1-3H3,(H,21,24)/t17-/m0/s1. The van der Waals surface area contributed by atoms with Gasteiger partial charge in [0.2, 0.25) is 5.91 Å². The van der Waals surface area contributed by atoms with E-state index in [2.05, 4.69) is 66.2 Å². The van der Waals surface area contributed by atoms with Crippen molar-refractivity contribution >= 4 is 5.91 Å². The fourth-order valence-electron chi connectivity index (χ4n) is 3.42. The Hall–Kier alpha value is -1.39. The molecule has 0 spiro atoms. The maximum Gasteiger partial charge on any atom is 0.223 e. The molecule has 1 atom stereocenters. The van der Waals surface area contributed by atoms with E-state index in [1.54, 1.807) is 0 Å². The van der Waals surface area contributed by atoms with Crippen LogP contribution in [0.25, 0.3) is 0 Å². The number of carbonyl (C=O) groups excluding carboxylic acids is 1. The van der Waals surface area contributed by atoms with Crippen molar-refractivity contribution in [2.45, 2.75) is 46.2 Å². The molecular weight excluding hydrogens is 298 g/mol. The average molecular weight is 332 g/mol. The Bertz CT molecular complexity index is 479. The fraction of sp³-hybridized carbons (Fsp3) is 0.650. The lowest BCUT2D eigenvalue weighted by molar-refractivity contribution is -0.125. The molecule has 0 unspecified atom stereocenters. The van der Waals surface area contributed by atoms with E-state index in [0.29, 0.717) is 0 Å². The molecule has 4 nitrogen and oxygen atoms in total. The number of rotatable bonds is 8. The van der Waals surface area contributed by atoms with E-state index in [1.807, 2.05) is 0 Å². The van der Waals surface area contributed by atoms with Crippen molar-refractivity contribution in [3.05, 3.63) is 35.9 Å². The lowest BCUT2D eigenvalue weighted by Crippen LogP contribution is -2.51. The molecule has 0 aliphatic carbocycles. The van der Waals surface area contributed by atoms with Crippen LogP contribution in [0, 0.1) is 5.92 Å². The zero-order chi connectivity index (χ0) is 17.4. The van der Waals surface area contributed by atoms with Crippen LogP contribution < -0.4 is 5.32 Å². The van der Waals surface area contributed by atoms with Gasteiger partial charge in [-0.1, -0.05) is 44.2 Å². The Balaban J connectivity index is 1.69. The summed E-state index contributed by atoms with van der Waals surface area (Å²) in [7, 11) is 0. The smallest absolute Gasteiger partial charge is 0.223 e. The molecule has 0 bridgehead atoms. The molecule has 4 heteroatoms. The third-order valence-electron chi connectivity index (χ3n) is 4.99. The van der Waals surface area contributed by atoms with E-state index in [1.165, 1.54) is 5.56 Å². The molecule has 1 aromatic carbocycles. The van der Waals surface area contributed by atoms with Crippen molar-refractivity contribution in [2.24, 2.45) is 5.92 Å². The molecule has 0 radical (unpaired) electrons. The maximum atomic E-state index is 12.2. The highest BCUT2D eigenvalue weighted by atomic mass is 16.1. The van der Waals surface area contributed by atoms with Crippen LogP contribution >= 0.6 is 0 Å². The van der Waals surface area contributed by atoms with Gasteiger partial charge in [-0.15, -0.1) is 0 Å². The molecule has 24 heavy (non-hydrogen) atoms. The van der Waals surface area contributed by atoms with Crippen LogP contribution in [0.1, 0.15) is 39.2 Å². The summed E-state index contributed by atoms with van der Waals surface area (Å²) in [5.74, 6) is 0.380. The average Bonchev–Trinajstić information content (AvgIpc) is 2.58. The normalized spacial score (nSPS) is 17.8. The van der Waals surface area contributed by atoms with E-state index >= 15 is 0 Å². The van der Waals surface area contributed by atoms with Crippen LogP contribution in [0.15, 0.2) is 30.3 Å². The molecule has 134 valence electrons. The molecule has 1 amide bonds. The van der Waals surface area contributed by atoms with Crippen molar-refractivity contribution < 1.29 is 4.79 Å². The molecule has 1 aliphatic rings. The van der Waals surface area contributed by atoms with E-state index in [-0.39, 0.29) is 17.9 Å². The predicted molar refractivity (Wildman–Crippen MR) is 99.8 cm³/mol. The predicted octanol–water partition coefficient (Wildman–Crippen LogP) is 2.75. The Morgan fingerprint density at radius 1 is 1.04 bits per heavy atom. The van der Waals surface area contributed by atoms with Gasteiger partial charge in [-0.25, -0.2) is 0 Å². The summed E-state index contributed by atoms with van der Waals surface area (Å²) in [6, 6.07) is 10.9. The van der Waals surface area contributed by atoms with Crippen molar-refractivity contribution in [1.29, 1.82) is 0 Å². The van der Waals surface area contributed by atoms with Crippen LogP contribution in [0.4, 0.5) is 0 Å². The number of hydrogen-bond acceptors (Lipinski definition) is 3. The highest BCUT2D eigenvalue weighted by Crippen LogP contribution is 2.10. The first-order valence-electron chi connectivity index (χ1n) is 9.41. The SMILES string of the molecule is CCC(CC)C(=O)N[C@@H](C)CN1CCN(Cc2ccccc2)CC1. The third kappa shape index (κ3) is 5.91. The molecule has 1 aliphatic heterocycles. The van der Waals surface area contributed by atoms with Gasteiger partial charge in [0, 0.05) is 51.2 Å². The van der Waals surface area contributed by atoms with E-state index in [4.69, 9.17) is 0 Å². The lowest BCUT2D eigenvalue weighted by atomic mass is 10.0. The second-order valence-corrected chi connectivity index (χ2v) is 6.99. The van der Waals surface area contributed by atoms with E-state index < -0.39 is 0 Å². The van der Waals surface area contributed by atoms with Crippen molar-refractivity contribution in [1.82, 2.24) is 15.1 Å². The van der Waals surface area contributed by atoms with Crippen LogP contribution in [0.3, 0.4) is 0 Å². The zero-order valence-electron chi connectivity index (χ0n) is 15.5. The third-order valence-corrected chi connectivity index (χ3v) is 4.99. The van der Waals surface area contributed by atoms with Gasteiger partial charge in [0.1, 0.15) is 0 Å². The minimum absolute atomic E-state index is 0.162. The van der Waals surface area contributed by atoms with Gasteiger partial charge in [0.05, 0.1) is 0 Å². The van der Waals surface area contributed by atoms with Crippen LogP contribution in [0.2, 0.25) is 0 Å². The summed E-state index contributed by atoms with van der Waals surface area (Å²) < 4.78 is 0. The number of hydrogen-bond donors (Lipinski definition) is 1. The summed E-state index contributed by atoms with van der Waals surface area (Å²) in [5, 5.41) is 3.19. The van der Waals surface area contributed by atoms with Crippen LogP contribution in [-0.4, -0.2) is 54.5 Å². The second-order valence-electron chi connectivity index (χ2n) is 6.99. The van der Waals surface area contributed by atoms with Gasteiger partial charge in [-0.3, -0.25) is 14.6 Å². The topological polar surface area (TPSA) is 35.6 Å². The summed E-state index contributed by atoms with van der Waals surface area (Å²) in [6.07, 6.45) is 1.85. The second kappa shape index (κ2) is 9.80. The van der Waals surface area contributed by atoms with E-state index in [0.717, 1.165) is 52.1 Å². The number of carbonyl (C=O) groups is 1. The van der Waals surface area contributed by atoms with Crippen LogP contribution in [0.5, 0.6) is 0 Å². The number of nitrogens with one attached hydrogen (secondary N) is 1. The quantitative estimate of drug-likeness (QED) is 0.795. The fourth-order valence-corrected chi connectivity index (χ4v) is 3.42. The highest BCUT2D eigenvalue weighted by molar-refractivity contribution is 5.78. The first kappa shape index (κ1) is 18.9. The van der Waals surface area contributed by atoms with Gasteiger partial charge < -0.3 is 5.32 Å². The molecule has 1 saturated heterocycles. The molecule has 2 rings (SSSR count). The first-order valence-corrected chi connectivity index (χ1v) is 9.41. The molecule has 0 aromatic heterocycles. The minimum Gasteiger partial charge on any atom is -0.352 e. The largest absolute Gasteiger partial charge is 0.352 e. The molecule has 1 heterocycles. The Labute approximate surface area is 147 Å². The number of benzene rings is 1. The van der Waals surface area contributed by atoms with Gasteiger partial charge >= 0.3 is 0 Å². The van der Waals surface area contributed by atoms with Crippen LogP contribution in [-0.2, 0) is 11.3 Å². The lowest BCUT2D eigenvalue weighted by Gasteiger charge is -2.36. The number of nitrogens with zero attached hydrogens (tertiary/aromatic N) is 2. The Morgan fingerprint density at radius 3 is 2.21 bits per heavy atom. The summed E-state index contributed by atoms with van der Waals surface area (Å²) in [6.45, 7) is 12.6. The van der Waals surface area contributed by atoms with Crippen molar-refractivity contribution in [2.75, 3.05) is 32.7 Å². The molecule has 0 saturated carbocycles. The van der Waals surface area contributed by atoms with Crippen molar-refractivity contribution in [3.63, 3.8) is 0 Å². The van der Waals surface area contributed by atoms with E-state index in [9.17, 15) is 4.79 Å². The maximum absolute atomic E-state index is 12.2. The summed E-state index contributed by atoms with van der Waals surface area (Å²) >= 11 is 0. The summed E-state index contributed by atoms with van der Waals surface area (Å²) in [4.78, 5) is 17.2. The van der Waals surface area contributed by atoms with Gasteiger partial charge in [-0.2, -0.15) is 0 Å². The highest BCUT2D eigenvalue weighted by Gasteiger charge is 2.21. The minimum atomic E-state index is 0.162. The van der Waals surface area contributed by atoms with Gasteiger partial charge in [-0.05, 0) is 25.3 Å². The monoisotopic (exact) mass is 331 g/mol. The Morgan fingerprint density at radius 2 is 1.62 bits per heavy atom. The molecule has 1 fully saturated rings. The van der Waals surface area contributed by atoms with Gasteiger partial charge in [0.25, 0.3) is 0 Å². The molecule has 1 N–H and O–H groups in total. The van der Waals surface area contributed by atoms with Crippen molar-refractivity contribution in [3.8, 4) is 0 Å². The zero-order valence-corrected chi connectivity index (χ0v) is 15.5. The number of amides is 1. The van der Waals surface area contributed by atoms with Gasteiger partial charge in [0.15, 0.2) is 0 Å². The Kier molecular flexibility index (Phi) is 7.73.